The van der Waals surface area contributed by atoms with Gasteiger partial charge in [0.05, 0.1) is 24.0 Å². The number of fused-ring (bicyclic) bond motifs is 2. The van der Waals surface area contributed by atoms with Gasteiger partial charge in [-0.1, -0.05) is 24.3 Å². The second-order valence-corrected chi connectivity index (χ2v) is 7.56. The van der Waals surface area contributed by atoms with Crippen molar-refractivity contribution in [3.8, 4) is 0 Å². The molecule has 0 unspecified atom stereocenters. The lowest BCUT2D eigenvalue weighted by atomic mass is 9.72. The van der Waals surface area contributed by atoms with Gasteiger partial charge in [0.1, 0.15) is 6.33 Å². The SMILES string of the molecule is O=C(c1cncnc1)N1CCC2(CC1)c1ccccc1[C@H](n1ccnc1)[C@H]2O. The fraction of sp³-hybridized carbons (Fsp3) is 0.333. The summed E-state index contributed by atoms with van der Waals surface area (Å²) in [6.07, 6.45) is 10.8. The topological polar surface area (TPSA) is 84.1 Å². The first-order chi connectivity index (χ1) is 13.7. The number of piperidine rings is 1. The van der Waals surface area contributed by atoms with Gasteiger partial charge in [0.2, 0.25) is 0 Å². The third-order valence-electron chi connectivity index (χ3n) is 6.28. The van der Waals surface area contributed by atoms with E-state index in [0.717, 1.165) is 18.4 Å². The number of aliphatic hydroxyl groups is 1. The van der Waals surface area contributed by atoms with Crippen molar-refractivity contribution >= 4 is 5.91 Å². The maximum absolute atomic E-state index is 12.8. The number of carbonyl (C=O) groups excluding carboxylic acids is 1. The first-order valence-electron chi connectivity index (χ1n) is 9.50. The summed E-state index contributed by atoms with van der Waals surface area (Å²) in [5.74, 6) is -0.0534. The zero-order chi connectivity index (χ0) is 19.1. The zero-order valence-electron chi connectivity index (χ0n) is 15.3. The van der Waals surface area contributed by atoms with Gasteiger partial charge < -0.3 is 14.6 Å². The molecule has 1 amide bonds. The third kappa shape index (κ3) is 2.46. The summed E-state index contributed by atoms with van der Waals surface area (Å²) in [7, 11) is 0. The van der Waals surface area contributed by atoms with Crippen LogP contribution in [0.3, 0.4) is 0 Å². The van der Waals surface area contributed by atoms with Gasteiger partial charge >= 0.3 is 0 Å². The molecule has 3 heterocycles. The summed E-state index contributed by atoms with van der Waals surface area (Å²) in [5.41, 5.74) is 2.48. The van der Waals surface area contributed by atoms with Crippen molar-refractivity contribution in [1.82, 2.24) is 24.4 Å². The number of amides is 1. The highest BCUT2D eigenvalue weighted by atomic mass is 16.3. The average molecular weight is 375 g/mol. The zero-order valence-corrected chi connectivity index (χ0v) is 15.3. The van der Waals surface area contributed by atoms with Gasteiger partial charge in [-0.05, 0) is 24.0 Å². The maximum atomic E-state index is 12.8. The summed E-state index contributed by atoms with van der Waals surface area (Å²) in [6, 6.07) is 8.11. The van der Waals surface area contributed by atoms with Crippen LogP contribution >= 0.6 is 0 Å². The van der Waals surface area contributed by atoms with Crippen molar-refractivity contribution < 1.29 is 9.90 Å². The Hall–Kier alpha value is -3.06. The van der Waals surface area contributed by atoms with Gasteiger partial charge in [-0.15, -0.1) is 0 Å². The number of rotatable bonds is 2. The van der Waals surface area contributed by atoms with Crippen molar-refractivity contribution in [2.24, 2.45) is 0 Å². The van der Waals surface area contributed by atoms with E-state index in [9.17, 15) is 9.90 Å². The molecule has 7 heteroatoms. The highest BCUT2D eigenvalue weighted by Gasteiger charge is 2.53. The van der Waals surface area contributed by atoms with Crippen LogP contribution in [-0.2, 0) is 5.41 Å². The number of carbonyl (C=O) groups is 1. The standard InChI is InChI=1S/C21H21N5O2/c27-19-18(26-10-7-22-14-26)16-3-1-2-4-17(16)21(19)5-8-25(9-6-21)20(28)15-11-23-13-24-12-15/h1-4,7,10-14,18-19,27H,5-6,8-9H2/t18-,19+/m0/s1. The van der Waals surface area contributed by atoms with Crippen LogP contribution in [0.5, 0.6) is 0 Å². The van der Waals surface area contributed by atoms with E-state index < -0.39 is 6.10 Å². The lowest BCUT2D eigenvalue weighted by Gasteiger charge is -2.42. The molecule has 1 aliphatic carbocycles. The highest BCUT2D eigenvalue weighted by molar-refractivity contribution is 5.93. The Morgan fingerprint density at radius 2 is 1.86 bits per heavy atom. The molecule has 1 aliphatic heterocycles. The van der Waals surface area contributed by atoms with Gasteiger partial charge in [0.25, 0.3) is 5.91 Å². The Bertz CT molecular complexity index is 981. The molecule has 0 saturated carbocycles. The number of aromatic nitrogens is 4. The molecular weight excluding hydrogens is 354 g/mol. The first-order valence-corrected chi connectivity index (χ1v) is 9.50. The Kier molecular flexibility index (Phi) is 3.98. The molecule has 1 N–H and O–H groups in total. The van der Waals surface area contributed by atoms with Crippen molar-refractivity contribution in [1.29, 1.82) is 0 Å². The Morgan fingerprint density at radius 1 is 1.11 bits per heavy atom. The summed E-state index contributed by atoms with van der Waals surface area (Å²) in [5, 5.41) is 11.4. The number of nitrogens with zero attached hydrogens (tertiary/aromatic N) is 5. The quantitative estimate of drug-likeness (QED) is 0.739. The third-order valence-corrected chi connectivity index (χ3v) is 6.28. The fourth-order valence-corrected chi connectivity index (χ4v) is 4.86. The number of likely N-dealkylation sites (tertiary alicyclic amines) is 1. The molecule has 2 atom stereocenters. The maximum Gasteiger partial charge on any atom is 0.256 e. The summed E-state index contributed by atoms with van der Waals surface area (Å²) in [6.45, 7) is 1.19. The minimum absolute atomic E-state index is 0.0534. The lowest BCUT2D eigenvalue weighted by molar-refractivity contribution is 0.0208. The molecule has 1 aromatic carbocycles. The molecule has 3 aromatic rings. The van der Waals surface area contributed by atoms with Crippen LogP contribution in [0.1, 0.15) is 40.4 Å². The van der Waals surface area contributed by atoms with Gasteiger partial charge in [0.15, 0.2) is 0 Å². The highest BCUT2D eigenvalue weighted by Crippen LogP contribution is 2.52. The molecule has 1 saturated heterocycles. The molecule has 7 nitrogen and oxygen atoms in total. The average Bonchev–Trinajstić information content (AvgIpc) is 3.35. The number of aliphatic hydroxyl groups excluding tert-OH is 1. The Balaban J connectivity index is 1.44. The molecular formula is C21H21N5O2. The van der Waals surface area contributed by atoms with E-state index in [1.165, 1.54) is 11.9 Å². The minimum atomic E-state index is -0.559. The van der Waals surface area contributed by atoms with E-state index in [4.69, 9.17) is 0 Å². The molecule has 28 heavy (non-hydrogen) atoms. The fourth-order valence-electron chi connectivity index (χ4n) is 4.86. The van der Waals surface area contributed by atoms with Crippen LogP contribution in [0.4, 0.5) is 0 Å². The van der Waals surface area contributed by atoms with E-state index in [2.05, 4.69) is 27.1 Å². The summed E-state index contributed by atoms with van der Waals surface area (Å²) < 4.78 is 1.98. The molecule has 1 spiro atoms. The van der Waals surface area contributed by atoms with E-state index in [1.807, 2.05) is 27.8 Å². The number of benzene rings is 1. The van der Waals surface area contributed by atoms with Crippen molar-refractivity contribution in [2.45, 2.75) is 30.4 Å². The van der Waals surface area contributed by atoms with E-state index in [1.54, 1.807) is 24.9 Å². The summed E-state index contributed by atoms with van der Waals surface area (Å²) in [4.78, 5) is 26.6. The predicted molar refractivity (Wildman–Crippen MR) is 102 cm³/mol. The largest absolute Gasteiger partial charge is 0.390 e. The van der Waals surface area contributed by atoms with E-state index in [-0.39, 0.29) is 17.4 Å². The number of hydrogen-bond acceptors (Lipinski definition) is 5. The van der Waals surface area contributed by atoms with Crippen molar-refractivity contribution in [3.05, 3.63) is 78.4 Å². The molecule has 0 radical (unpaired) electrons. The van der Waals surface area contributed by atoms with Gasteiger partial charge in [-0.2, -0.15) is 0 Å². The van der Waals surface area contributed by atoms with Crippen LogP contribution in [0.25, 0.3) is 0 Å². The Morgan fingerprint density at radius 3 is 2.57 bits per heavy atom. The second-order valence-electron chi connectivity index (χ2n) is 7.56. The van der Waals surface area contributed by atoms with Crippen LogP contribution in [0, 0.1) is 0 Å². The van der Waals surface area contributed by atoms with E-state index >= 15 is 0 Å². The molecule has 1 fully saturated rings. The van der Waals surface area contributed by atoms with Crippen molar-refractivity contribution in [3.63, 3.8) is 0 Å². The van der Waals surface area contributed by atoms with Crippen LogP contribution in [-0.4, -0.2) is 54.6 Å². The Labute approximate surface area is 162 Å². The molecule has 0 bridgehead atoms. The molecule has 2 aromatic heterocycles. The van der Waals surface area contributed by atoms with E-state index in [0.29, 0.717) is 18.7 Å². The molecule has 5 rings (SSSR count). The second kappa shape index (κ2) is 6.53. The van der Waals surface area contributed by atoms with Crippen LogP contribution in [0.15, 0.2) is 61.7 Å². The molecule has 142 valence electrons. The predicted octanol–water partition coefficient (Wildman–Crippen LogP) is 1.81. The van der Waals surface area contributed by atoms with Crippen molar-refractivity contribution in [2.75, 3.05) is 13.1 Å². The summed E-state index contributed by atoms with van der Waals surface area (Å²) >= 11 is 0. The monoisotopic (exact) mass is 375 g/mol. The molecule has 2 aliphatic rings. The van der Waals surface area contributed by atoms with Crippen LogP contribution in [0.2, 0.25) is 0 Å². The van der Waals surface area contributed by atoms with Gasteiger partial charge in [0, 0.05) is 43.3 Å². The number of imidazole rings is 1. The first kappa shape index (κ1) is 17.1. The minimum Gasteiger partial charge on any atom is -0.390 e. The number of hydrogen-bond donors (Lipinski definition) is 1. The van der Waals surface area contributed by atoms with Crippen LogP contribution < -0.4 is 0 Å². The lowest BCUT2D eigenvalue weighted by Crippen LogP contribution is -2.50. The van der Waals surface area contributed by atoms with Gasteiger partial charge in [-0.25, -0.2) is 15.0 Å². The normalized spacial score (nSPS) is 23.0. The smallest absolute Gasteiger partial charge is 0.256 e. The van der Waals surface area contributed by atoms with Gasteiger partial charge in [-0.3, -0.25) is 4.79 Å².